The predicted octanol–water partition coefficient (Wildman–Crippen LogP) is -0.493. The van der Waals surface area contributed by atoms with E-state index in [0.717, 1.165) is 4.68 Å². The molecule has 0 radical (unpaired) electrons. The summed E-state index contributed by atoms with van der Waals surface area (Å²) < 4.78 is 1.15. The van der Waals surface area contributed by atoms with Crippen molar-refractivity contribution in [3.63, 3.8) is 0 Å². The van der Waals surface area contributed by atoms with Crippen molar-refractivity contribution in [3.8, 4) is 0 Å². The van der Waals surface area contributed by atoms with Gasteiger partial charge in [0, 0.05) is 38.6 Å². The first kappa shape index (κ1) is 13.2. The quantitative estimate of drug-likeness (QED) is 0.818. The van der Waals surface area contributed by atoms with Crippen LogP contribution in [0.3, 0.4) is 0 Å². The molecule has 8 nitrogen and oxygen atoms in total. The van der Waals surface area contributed by atoms with Crippen LogP contribution in [0.2, 0.25) is 0 Å². The van der Waals surface area contributed by atoms with E-state index in [9.17, 15) is 9.59 Å². The molecule has 1 aliphatic rings. The number of carbonyl (C=O) groups is 1. The maximum atomic E-state index is 12.2. The fourth-order valence-electron chi connectivity index (χ4n) is 2.07. The second-order valence-corrected chi connectivity index (χ2v) is 4.80. The van der Waals surface area contributed by atoms with Gasteiger partial charge in [0.15, 0.2) is 0 Å². The normalized spacial score (nSPS) is 14.6. The zero-order valence-corrected chi connectivity index (χ0v) is 11.4. The van der Waals surface area contributed by atoms with Crippen LogP contribution in [0.5, 0.6) is 0 Å². The first-order chi connectivity index (χ1) is 10.1. The number of likely N-dealkylation sites (tertiary alicyclic amines) is 1. The summed E-state index contributed by atoms with van der Waals surface area (Å²) in [6, 6.07) is 4.66. The average molecular weight is 286 g/mol. The maximum absolute atomic E-state index is 12.2. The topological polar surface area (TPSA) is 93.0 Å². The van der Waals surface area contributed by atoms with E-state index in [0.29, 0.717) is 19.0 Å². The van der Waals surface area contributed by atoms with Gasteiger partial charge in [0.25, 0.3) is 11.5 Å². The van der Waals surface area contributed by atoms with Crippen LogP contribution in [-0.2, 0) is 7.05 Å². The van der Waals surface area contributed by atoms with E-state index in [1.54, 1.807) is 23.4 Å². The minimum absolute atomic E-state index is 0.129. The van der Waals surface area contributed by atoms with Crippen LogP contribution in [-0.4, -0.2) is 49.7 Å². The van der Waals surface area contributed by atoms with Crippen LogP contribution in [0.1, 0.15) is 10.5 Å². The lowest BCUT2D eigenvalue weighted by Crippen LogP contribution is -2.57. The zero-order chi connectivity index (χ0) is 14.8. The Balaban J connectivity index is 1.59. The molecule has 1 N–H and O–H groups in total. The lowest BCUT2D eigenvalue weighted by molar-refractivity contribution is 0.0615. The highest BCUT2D eigenvalue weighted by molar-refractivity contribution is 5.92. The van der Waals surface area contributed by atoms with E-state index in [1.165, 1.54) is 19.2 Å². The van der Waals surface area contributed by atoms with E-state index in [-0.39, 0.29) is 23.2 Å². The van der Waals surface area contributed by atoms with Gasteiger partial charge in [-0.1, -0.05) is 0 Å². The number of amides is 1. The number of anilines is 1. The highest BCUT2D eigenvalue weighted by Gasteiger charge is 2.32. The standard InChI is InChI=1S/C13H14N6O2/c1-18-11(20)4-3-10(17-18)12(21)19-7-9(8-19)16-13-14-5-2-6-15-13/h2-6,9H,7-8H2,1H3,(H,14,15,16). The molecular weight excluding hydrogens is 272 g/mol. The molecule has 2 aromatic heterocycles. The molecule has 1 saturated heterocycles. The van der Waals surface area contributed by atoms with Gasteiger partial charge in [-0.2, -0.15) is 5.10 Å². The van der Waals surface area contributed by atoms with Crippen molar-refractivity contribution in [3.05, 3.63) is 46.6 Å². The average Bonchev–Trinajstić information content (AvgIpc) is 2.46. The van der Waals surface area contributed by atoms with Crippen LogP contribution in [0, 0.1) is 0 Å². The Kier molecular flexibility index (Phi) is 3.35. The molecule has 3 rings (SSSR count). The SMILES string of the molecule is Cn1nc(C(=O)N2CC(Nc3ncccn3)C2)ccc1=O. The Morgan fingerprint density at radius 3 is 2.67 bits per heavy atom. The van der Waals surface area contributed by atoms with Gasteiger partial charge in [0.1, 0.15) is 5.69 Å². The summed E-state index contributed by atoms with van der Waals surface area (Å²) in [5.74, 6) is 0.368. The van der Waals surface area contributed by atoms with Crippen molar-refractivity contribution >= 4 is 11.9 Å². The molecule has 108 valence electrons. The summed E-state index contributed by atoms with van der Waals surface area (Å²) in [4.78, 5) is 33.2. The van der Waals surface area contributed by atoms with Gasteiger partial charge in [-0.25, -0.2) is 14.6 Å². The van der Waals surface area contributed by atoms with Crippen molar-refractivity contribution in [2.24, 2.45) is 7.05 Å². The van der Waals surface area contributed by atoms with Gasteiger partial charge in [0.05, 0.1) is 6.04 Å². The molecule has 3 heterocycles. The molecule has 0 aromatic carbocycles. The molecule has 1 fully saturated rings. The minimum atomic E-state index is -0.240. The molecular formula is C13H14N6O2. The van der Waals surface area contributed by atoms with Crippen molar-refractivity contribution in [2.45, 2.75) is 6.04 Å². The van der Waals surface area contributed by atoms with E-state index in [2.05, 4.69) is 20.4 Å². The van der Waals surface area contributed by atoms with Crippen molar-refractivity contribution in [1.82, 2.24) is 24.6 Å². The van der Waals surface area contributed by atoms with E-state index in [4.69, 9.17) is 0 Å². The van der Waals surface area contributed by atoms with Gasteiger partial charge >= 0.3 is 0 Å². The molecule has 0 atom stereocenters. The molecule has 0 saturated carbocycles. The highest BCUT2D eigenvalue weighted by Crippen LogP contribution is 2.14. The van der Waals surface area contributed by atoms with Gasteiger partial charge in [-0.3, -0.25) is 9.59 Å². The molecule has 0 spiro atoms. The van der Waals surface area contributed by atoms with Crippen LogP contribution in [0.4, 0.5) is 5.95 Å². The Labute approximate surface area is 120 Å². The first-order valence-corrected chi connectivity index (χ1v) is 6.50. The minimum Gasteiger partial charge on any atom is -0.348 e. The molecule has 21 heavy (non-hydrogen) atoms. The van der Waals surface area contributed by atoms with E-state index < -0.39 is 0 Å². The van der Waals surface area contributed by atoms with Gasteiger partial charge < -0.3 is 10.2 Å². The molecule has 1 aliphatic heterocycles. The second kappa shape index (κ2) is 5.31. The van der Waals surface area contributed by atoms with Crippen LogP contribution < -0.4 is 10.9 Å². The molecule has 0 unspecified atom stereocenters. The molecule has 0 bridgehead atoms. The number of aryl methyl sites for hydroxylation is 1. The smallest absolute Gasteiger partial charge is 0.274 e. The number of hydrogen-bond acceptors (Lipinski definition) is 6. The number of aromatic nitrogens is 4. The summed E-state index contributed by atoms with van der Waals surface area (Å²) in [6.07, 6.45) is 3.32. The fraction of sp³-hybridized carbons (Fsp3) is 0.308. The summed E-state index contributed by atoms with van der Waals surface area (Å²) in [5, 5.41) is 7.10. The number of rotatable bonds is 3. The molecule has 1 amide bonds. The van der Waals surface area contributed by atoms with Gasteiger partial charge in [-0.05, 0) is 12.1 Å². The third-order valence-corrected chi connectivity index (χ3v) is 3.25. The Morgan fingerprint density at radius 1 is 1.29 bits per heavy atom. The monoisotopic (exact) mass is 286 g/mol. The number of nitrogens with one attached hydrogen (secondary N) is 1. The zero-order valence-electron chi connectivity index (χ0n) is 11.4. The van der Waals surface area contributed by atoms with E-state index in [1.807, 2.05) is 0 Å². The molecule has 8 heteroatoms. The molecule has 0 aliphatic carbocycles. The first-order valence-electron chi connectivity index (χ1n) is 6.50. The number of nitrogens with zero attached hydrogens (tertiary/aromatic N) is 5. The summed E-state index contributed by atoms with van der Waals surface area (Å²) >= 11 is 0. The predicted molar refractivity (Wildman–Crippen MR) is 74.8 cm³/mol. The largest absolute Gasteiger partial charge is 0.348 e. The van der Waals surface area contributed by atoms with Crippen LogP contribution in [0.15, 0.2) is 35.4 Å². The maximum Gasteiger partial charge on any atom is 0.274 e. The Hall–Kier alpha value is -2.77. The molecule has 2 aromatic rings. The van der Waals surface area contributed by atoms with Crippen LogP contribution >= 0.6 is 0 Å². The van der Waals surface area contributed by atoms with E-state index >= 15 is 0 Å². The van der Waals surface area contributed by atoms with Gasteiger partial charge in [0.2, 0.25) is 5.95 Å². The van der Waals surface area contributed by atoms with Gasteiger partial charge in [-0.15, -0.1) is 0 Å². The van der Waals surface area contributed by atoms with Crippen molar-refractivity contribution in [2.75, 3.05) is 18.4 Å². The lowest BCUT2D eigenvalue weighted by atomic mass is 10.1. The third-order valence-electron chi connectivity index (χ3n) is 3.25. The van der Waals surface area contributed by atoms with Crippen molar-refractivity contribution < 1.29 is 4.79 Å². The Bertz CT molecular complexity index is 708. The lowest BCUT2D eigenvalue weighted by Gasteiger charge is -2.39. The number of hydrogen-bond donors (Lipinski definition) is 1. The third kappa shape index (κ3) is 2.73. The second-order valence-electron chi connectivity index (χ2n) is 4.80. The van der Waals surface area contributed by atoms with Crippen LogP contribution in [0.25, 0.3) is 0 Å². The fourth-order valence-corrected chi connectivity index (χ4v) is 2.07. The summed E-state index contributed by atoms with van der Waals surface area (Å²) in [7, 11) is 1.52. The Morgan fingerprint density at radius 2 is 2.00 bits per heavy atom. The van der Waals surface area contributed by atoms with Crippen molar-refractivity contribution in [1.29, 1.82) is 0 Å². The highest BCUT2D eigenvalue weighted by atomic mass is 16.2. The number of carbonyl (C=O) groups excluding carboxylic acids is 1. The summed E-state index contributed by atoms with van der Waals surface area (Å²) in [5.41, 5.74) is 0.0300. The summed E-state index contributed by atoms with van der Waals surface area (Å²) in [6.45, 7) is 1.11.